The molecule has 0 aliphatic rings. The van der Waals surface area contributed by atoms with Gasteiger partial charge in [0.2, 0.25) is 0 Å². The lowest BCUT2D eigenvalue weighted by molar-refractivity contribution is 0.102. The van der Waals surface area contributed by atoms with E-state index in [9.17, 15) is 13.6 Å². The molecule has 0 atom stereocenters. The SMILES string of the molecule is CC(C)(C)c1cc(NC(=O)c2cc(F)ccc2F)n[nH]1. The minimum Gasteiger partial charge on any atom is -0.305 e. The van der Waals surface area contributed by atoms with Crippen LogP contribution in [0, 0.1) is 11.6 Å². The number of aromatic amines is 1. The summed E-state index contributed by atoms with van der Waals surface area (Å²) in [4.78, 5) is 11.9. The Morgan fingerprint density at radius 3 is 2.55 bits per heavy atom. The van der Waals surface area contributed by atoms with Crippen molar-refractivity contribution < 1.29 is 13.6 Å². The summed E-state index contributed by atoms with van der Waals surface area (Å²) in [7, 11) is 0. The van der Waals surface area contributed by atoms with Crippen LogP contribution in [0.2, 0.25) is 0 Å². The molecule has 1 amide bonds. The van der Waals surface area contributed by atoms with Gasteiger partial charge in [-0.2, -0.15) is 5.10 Å². The number of nitrogens with one attached hydrogen (secondary N) is 2. The number of H-pyrrole nitrogens is 1. The predicted molar refractivity (Wildman–Crippen MR) is 71.6 cm³/mol. The summed E-state index contributed by atoms with van der Waals surface area (Å²) < 4.78 is 26.5. The fourth-order valence-electron chi connectivity index (χ4n) is 1.63. The van der Waals surface area contributed by atoms with E-state index >= 15 is 0 Å². The molecule has 4 nitrogen and oxygen atoms in total. The van der Waals surface area contributed by atoms with Crippen LogP contribution in [0.4, 0.5) is 14.6 Å². The van der Waals surface area contributed by atoms with Crippen molar-refractivity contribution in [3.63, 3.8) is 0 Å². The van der Waals surface area contributed by atoms with Crippen LogP contribution in [0.3, 0.4) is 0 Å². The smallest absolute Gasteiger partial charge is 0.259 e. The van der Waals surface area contributed by atoms with Crippen molar-refractivity contribution in [1.82, 2.24) is 10.2 Å². The number of carbonyl (C=O) groups excluding carboxylic acids is 1. The molecular formula is C14H15F2N3O. The lowest BCUT2D eigenvalue weighted by Gasteiger charge is -2.14. The van der Waals surface area contributed by atoms with E-state index in [1.165, 1.54) is 0 Å². The van der Waals surface area contributed by atoms with E-state index in [2.05, 4.69) is 15.5 Å². The fourth-order valence-corrected chi connectivity index (χ4v) is 1.63. The molecule has 6 heteroatoms. The summed E-state index contributed by atoms with van der Waals surface area (Å²) in [6.07, 6.45) is 0. The third-order valence-corrected chi connectivity index (χ3v) is 2.80. The van der Waals surface area contributed by atoms with Crippen LogP contribution in [-0.4, -0.2) is 16.1 Å². The molecule has 2 rings (SSSR count). The summed E-state index contributed by atoms with van der Waals surface area (Å²) in [5, 5.41) is 9.15. The number of rotatable bonds is 2. The van der Waals surface area contributed by atoms with Crippen molar-refractivity contribution in [2.75, 3.05) is 5.32 Å². The zero-order chi connectivity index (χ0) is 14.9. The van der Waals surface area contributed by atoms with E-state index in [-0.39, 0.29) is 16.8 Å². The van der Waals surface area contributed by atoms with Gasteiger partial charge in [0.25, 0.3) is 5.91 Å². The van der Waals surface area contributed by atoms with Crippen LogP contribution in [0.1, 0.15) is 36.8 Å². The van der Waals surface area contributed by atoms with Gasteiger partial charge in [-0.05, 0) is 18.2 Å². The summed E-state index contributed by atoms with van der Waals surface area (Å²) in [5.41, 5.74) is 0.318. The number of benzene rings is 1. The first-order chi connectivity index (χ1) is 9.27. The molecule has 1 aromatic carbocycles. The van der Waals surface area contributed by atoms with Crippen molar-refractivity contribution in [3.8, 4) is 0 Å². The third kappa shape index (κ3) is 3.01. The number of amides is 1. The van der Waals surface area contributed by atoms with Crippen molar-refractivity contribution in [3.05, 3.63) is 47.2 Å². The summed E-state index contributed by atoms with van der Waals surface area (Å²) >= 11 is 0. The molecule has 0 saturated heterocycles. The molecule has 106 valence electrons. The third-order valence-electron chi connectivity index (χ3n) is 2.80. The molecule has 1 heterocycles. The van der Waals surface area contributed by atoms with Crippen LogP contribution in [0.15, 0.2) is 24.3 Å². The van der Waals surface area contributed by atoms with Gasteiger partial charge in [0.05, 0.1) is 5.56 Å². The van der Waals surface area contributed by atoms with Gasteiger partial charge in [0.15, 0.2) is 5.82 Å². The van der Waals surface area contributed by atoms with Crippen molar-refractivity contribution in [2.45, 2.75) is 26.2 Å². The largest absolute Gasteiger partial charge is 0.305 e. The van der Waals surface area contributed by atoms with Crippen molar-refractivity contribution in [2.24, 2.45) is 0 Å². The molecule has 0 radical (unpaired) electrons. The molecule has 2 aromatic rings. The quantitative estimate of drug-likeness (QED) is 0.886. The maximum Gasteiger partial charge on any atom is 0.259 e. The highest BCUT2D eigenvalue weighted by molar-refractivity contribution is 6.03. The van der Waals surface area contributed by atoms with Gasteiger partial charge in [-0.25, -0.2) is 8.78 Å². The molecule has 0 saturated carbocycles. The highest BCUT2D eigenvalue weighted by Gasteiger charge is 2.19. The van der Waals surface area contributed by atoms with Crippen molar-refractivity contribution in [1.29, 1.82) is 0 Å². The highest BCUT2D eigenvalue weighted by Crippen LogP contribution is 2.22. The van der Waals surface area contributed by atoms with Gasteiger partial charge in [0, 0.05) is 17.2 Å². The van der Waals surface area contributed by atoms with Crippen LogP contribution in [0.25, 0.3) is 0 Å². The molecule has 0 aliphatic heterocycles. The second-order valence-corrected chi connectivity index (χ2v) is 5.50. The van der Waals surface area contributed by atoms with Gasteiger partial charge < -0.3 is 5.32 Å². The molecule has 0 fully saturated rings. The minimum atomic E-state index is -0.782. The average molecular weight is 279 g/mol. The number of anilines is 1. The number of hydrogen-bond donors (Lipinski definition) is 2. The maximum atomic E-state index is 13.5. The number of carbonyl (C=O) groups is 1. The lowest BCUT2D eigenvalue weighted by Crippen LogP contribution is -2.14. The molecule has 1 aromatic heterocycles. The van der Waals surface area contributed by atoms with Crippen LogP contribution in [-0.2, 0) is 5.41 Å². The first kappa shape index (κ1) is 14.2. The number of halogens is 2. The Morgan fingerprint density at radius 1 is 1.25 bits per heavy atom. The van der Waals surface area contributed by atoms with Crippen molar-refractivity contribution >= 4 is 11.7 Å². The Labute approximate surface area is 115 Å². The monoisotopic (exact) mass is 279 g/mol. The summed E-state index contributed by atoms with van der Waals surface area (Å²) in [6.45, 7) is 5.95. The van der Waals surface area contributed by atoms with E-state index in [0.717, 1.165) is 23.9 Å². The minimum absolute atomic E-state index is 0.153. The van der Waals surface area contributed by atoms with Gasteiger partial charge >= 0.3 is 0 Å². The maximum absolute atomic E-state index is 13.5. The molecule has 0 bridgehead atoms. The highest BCUT2D eigenvalue weighted by atomic mass is 19.1. The van der Waals surface area contributed by atoms with Gasteiger partial charge in [-0.15, -0.1) is 0 Å². The Morgan fingerprint density at radius 2 is 1.95 bits per heavy atom. The normalized spacial score (nSPS) is 11.4. The Bertz CT molecular complexity index is 644. The molecule has 2 N–H and O–H groups in total. The van der Waals surface area contributed by atoms with E-state index in [1.807, 2.05) is 20.8 Å². The van der Waals surface area contributed by atoms with E-state index in [4.69, 9.17) is 0 Å². The van der Waals surface area contributed by atoms with E-state index in [1.54, 1.807) is 6.07 Å². The standard InChI is InChI=1S/C14H15F2N3O/c1-14(2,3)11-7-12(19-18-11)17-13(20)9-6-8(15)4-5-10(9)16/h4-7H,1-3H3,(H2,17,18,19,20). The topological polar surface area (TPSA) is 57.8 Å². The molecule has 0 unspecified atom stereocenters. The van der Waals surface area contributed by atoms with Gasteiger partial charge in [0.1, 0.15) is 11.6 Å². The Balaban J connectivity index is 2.20. The van der Waals surface area contributed by atoms with Crippen LogP contribution < -0.4 is 5.32 Å². The van der Waals surface area contributed by atoms with Gasteiger partial charge in [-0.1, -0.05) is 20.8 Å². The summed E-state index contributed by atoms with van der Waals surface area (Å²) in [5.74, 6) is -1.93. The average Bonchev–Trinajstić information content (AvgIpc) is 2.80. The Hall–Kier alpha value is -2.24. The number of aromatic nitrogens is 2. The molecule has 0 aliphatic carbocycles. The Kier molecular flexibility index (Phi) is 3.57. The first-order valence-electron chi connectivity index (χ1n) is 6.09. The van der Waals surface area contributed by atoms with E-state index in [0.29, 0.717) is 0 Å². The molecular weight excluding hydrogens is 264 g/mol. The first-order valence-corrected chi connectivity index (χ1v) is 6.09. The molecule has 20 heavy (non-hydrogen) atoms. The van der Waals surface area contributed by atoms with E-state index < -0.39 is 17.5 Å². The predicted octanol–water partition coefficient (Wildman–Crippen LogP) is 3.24. The molecule has 0 spiro atoms. The second-order valence-electron chi connectivity index (χ2n) is 5.50. The van der Waals surface area contributed by atoms with Crippen LogP contribution >= 0.6 is 0 Å². The fraction of sp³-hybridized carbons (Fsp3) is 0.286. The van der Waals surface area contributed by atoms with Crippen LogP contribution in [0.5, 0.6) is 0 Å². The zero-order valence-corrected chi connectivity index (χ0v) is 11.4. The second kappa shape index (κ2) is 5.03. The summed E-state index contributed by atoms with van der Waals surface area (Å²) in [6, 6.07) is 4.38. The van der Waals surface area contributed by atoms with Gasteiger partial charge in [-0.3, -0.25) is 9.89 Å². The number of nitrogens with zero attached hydrogens (tertiary/aromatic N) is 1. The number of hydrogen-bond acceptors (Lipinski definition) is 2. The zero-order valence-electron chi connectivity index (χ0n) is 11.4. The lowest BCUT2D eigenvalue weighted by atomic mass is 9.92.